The third kappa shape index (κ3) is 3.19. The quantitative estimate of drug-likeness (QED) is 0.944. The van der Waals surface area contributed by atoms with E-state index in [0.717, 1.165) is 5.56 Å². The van der Waals surface area contributed by atoms with Gasteiger partial charge in [-0.15, -0.1) is 0 Å². The van der Waals surface area contributed by atoms with Gasteiger partial charge in [-0.2, -0.15) is 0 Å². The standard InChI is InChI=1S/C14H18N2O3S/c1-10-9-13(19-15-10)16-20(17,18)12-7-5-11(6-8-12)14(2,3)4/h5-9,16H,1-4H3. The number of aromatic nitrogens is 1. The van der Waals surface area contributed by atoms with Gasteiger partial charge in [0.2, 0.25) is 5.88 Å². The first-order chi connectivity index (χ1) is 9.18. The zero-order valence-corrected chi connectivity index (χ0v) is 12.8. The second-order valence-electron chi connectivity index (χ2n) is 5.71. The summed E-state index contributed by atoms with van der Waals surface area (Å²) in [7, 11) is -3.65. The van der Waals surface area contributed by atoms with Gasteiger partial charge >= 0.3 is 0 Å². The number of rotatable bonds is 3. The number of sulfonamides is 1. The lowest BCUT2D eigenvalue weighted by Gasteiger charge is -2.19. The van der Waals surface area contributed by atoms with Gasteiger partial charge in [-0.05, 0) is 30.0 Å². The number of nitrogens with zero attached hydrogens (tertiary/aromatic N) is 1. The molecule has 1 heterocycles. The molecule has 0 aliphatic rings. The fourth-order valence-corrected chi connectivity index (χ4v) is 2.71. The fraction of sp³-hybridized carbons (Fsp3) is 0.357. The SMILES string of the molecule is Cc1cc(NS(=O)(=O)c2ccc(C(C)(C)C)cc2)on1. The molecule has 0 unspecified atom stereocenters. The Morgan fingerprint density at radius 2 is 1.75 bits per heavy atom. The highest BCUT2D eigenvalue weighted by atomic mass is 32.2. The largest absolute Gasteiger partial charge is 0.338 e. The van der Waals surface area contributed by atoms with E-state index in [1.807, 2.05) is 12.1 Å². The number of hydrogen-bond acceptors (Lipinski definition) is 4. The van der Waals surface area contributed by atoms with E-state index in [0.29, 0.717) is 5.69 Å². The van der Waals surface area contributed by atoms with E-state index in [1.54, 1.807) is 19.1 Å². The molecule has 5 nitrogen and oxygen atoms in total. The Kier molecular flexibility index (Phi) is 3.60. The Morgan fingerprint density at radius 1 is 1.15 bits per heavy atom. The maximum atomic E-state index is 12.2. The molecule has 0 amide bonds. The Labute approximate surface area is 119 Å². The second-order valence-corrected chi connectivity index (χ2v) is 7.39. The fourth-order valence-electron chi connectivity index (χ4n) is 1.74. The first kappa shape index (κ1) is 14.6. The third-order valence-electron chi connectivity index (χ3n) is 2.89. The Hall–Kier alpha value is -1.82. The van der Waals surface area contributed by atoms with Gasteiger partial charge in [-0.3, -0.25) is 0 Å². The van der Waals surface area contributed by atoms with Crippen LogP contribution in [0.5, 0.6) is 0 Å². The van der Waals surface area contributed by atoms with Gasteiger partial charge in [-0.25, -0.2) is 13.1 Å². The van der Waals surface area contributed by atoms with Crippen LogP contribution >= 0.6 is 0 Å². The summed E-state index contributed by atoms with van der Waals surface area (Å²) < 4.78 is 31.6. The molecule has 0 aliphatic carbocycles. The molecule has 0 saturated carbocycles. The van der Waals surface area contributed by atoms with Crippen LogP contribution in [0.3, 0.4) is 0 Å². The number of nitrogens with one attached hydrogen (secondary N) is 1. The zero-order valence-electron chi connectivity index (χ0n) is 12.0. The Morgan fingerprint density at radius 3 is 2.20 bits per heavy atom. The average Bonchev–Trinajstić information content (AvgIpc) is 2.73. The van der Waals surface area contributed by atoms with Gasteiger partial charge in [-0.1, -0.05) is 38.1 Å². The summed E-state index contributed by atoms with van der Waals surface area (Å²) in [6.45, 7) is 7.95. The van der Waals surface area contributed by atoms with Crippen molar-refractivity contribution in [2.45, 2.75) is 38.0 Å². The summed E-state index contributed by atoms with van der Waals surface area (Å²) in [5.41, 5.74) is 1.68. The van der Waals surface area contributed by atoms with Crippen LogP contribution in [0.2, 0.25) is 0 Å². The molecule has 0 radical (unpaired) electrons. The van der Waals surface area contributed by atoms with Gasteiger partial charge in [0.05, 0.1) is 10.6 Å². The molecule has 6 heteroatoms. The molecule has 1 aromatic heterocycles. The van der Waals surface area contributed by atoms with Crippen molar-refractivity contribution in [3.8, 4) is 0 Å². The Bertz CT molecular complexity index is 695. The van der Waals surface area contributed by atoms with E-state index < -0.39 is 10.0 Å². The average molecular weight is 294 g/mol. The van der Waals surface area contributed by atoms with E-state index in [4.69, 9.17) is 4.52 Å². The molecule has 0 spiro atoms. The molecule has 1 aromatic carbocycles. The van der Waals surface area contributed by atoms with Crippen LogP contribution in [0, 0.1) is 6.92 Å². The predicted octanol–water partition coefficient (Wildman–Crippen LogP) is 3.08. The van der Waals surface area contributed by atoms with Crippen LogP contribution in [0.15, 0.2) is 39.8 Å². The summed E-state index contributed by atoms with van der Waals surface area (Å²) in [6, 6.07) is 8.35. The van der Waals surface area contributed by atoms with E-state index in [-0.39, 0.29) is 16.2 Å². The highest BCUT2D eigenvalue weighted by Crippen LogP contribution is 2.24. The van der Waals surface area contributed by atoms with Gasteiger partial charge in [0, 0.05) is 6.07 Å². The van der Waals surface area contributed by atoms with Crippen molar-refractivity contribution in [3.05, 3.63) is 41.6 Å². The molecule has 0 atom stereocenters. The number of benzene rings is 1. The van der Waals surface area contributed by atoms with Gasteiger partial charge in [0.15, 0.2) is 0 Å². The van der Waals surface area contributed by atoms with Gasteiger partial charge < -0.3 is 4.52 Å². The van der Waals surface area contributed by atoms with Crippen molar-refractivity contribution < 1.29 is 12.9 Å². The molecular weight excluding hydrogens is 276 g/mol. The van der Waals surface area contributed by atoms with Gasteiger partial charge in [0.25, 0.3) is 10.0 Å². The number of hydrogen-bond donors (Lipinski definition) is 1. The van der Waals surface area contributed by atoms with Crippen molar-refractivity contribution in [3.63, 3.8) is 0 Å². The second kappa shape index (κ2) is 4.94. The van der Waals surface area contributed by atoms with Crippen molar-refractivity contribution in [1.82, 2.24) is 5.16 Å². The predicted molar refractivity (Wildman–Crippen MR) is 77.2 cm³/mol. The molecule has 0 fully saturated rings. The Balaban J connectivity index is 2.26. The third-order valence-corrected chi connectivity index (χ3v) is 4.26. The number of anilines is 1. The van der Waals surface area contributed by atoms with Crippen LogP contribution < -0.4 is 4.72 Å². The van der Waals surface area contributed by atoms with Crippen molar-refractivity contribution in [2.75, 3.05) is 4.72 Å². The molecule has 2 rings (SSSR count). The minimum atomic E-state index is -3.65. The lowest BCUT2D eigenvalue weighted by Crippen LogP contribution is -2.14. The van der Waals surface area contributed by atoms with E-state index >= 15 is 0 Å². The highest BCUT2D eigenvalue weighted by Gasteiger charge is 2.18. The molecule has 0 bridgehead atoms. The topological polar surface area (TPSA) is 72.2 Å². The molecule has 2 aromatic rings. The minimum absolute atomic E-state index is 0.0161. The summed E-state index contributed by atoms with van der Waals surface area (Å²) in [6.07, 6.45) is 0. The van der Waals surface area contributed by atoms with E-state index in [9.17, 15) is 8.42 Å². The van der Waals surface area contributed by atoms with Gasteiger partial charge in [0.1, 0.15) is 0 Å². The van der Waals surface area contributed by atoms with Crippen LogP contribution in [-0.2, 0) is 15.4 Å². The van der Waals surface area contributed by atoms with Crippen LogP contribution in [0.1, 0.15) is 32.0 Å². The lowest BCUT2D eigenvalue weighted by atomic mass is 9.87. The first-order valence-electron chi connectivity index (χ1n) is 6.25. The maximum absolute atomic E-state index is 12.2. The van der Waals surface area contributed by atoms with Crippen LogP contribution in [0.25, 0.3) is 0 Å². The smallest absolute Gasteiger partial charge is 0.264 e. The first-order valence-corrected chi connectivity index (χ1v) is 7.73. The summed E-state index contributed by atoms with van der Waals surface area (Å²) in [5, 5.41) is 3.64. The molecule has 20 heavy (non-hydrogen) atoms. The van der Waals surface area contributed by atoms with Crippen molar-refractivity contribution in [2.24, 2.45) is 0 Å². The monoisotopic (exact) mass is 294 g/mol. The summed E-state index contributed by atoms with van der Waals surface area (Å²) in [4.78, 5) is 0.194. The molecule has 1 N–H and O–H groups in total. The lowest BCUT2D eigenvalue weighted by molar-refractivity contribution is 0.430. The van der Waals surface area contributed by atoms with Crippen molar-refractivity contribution >= 4 is 15.9 Å². The minimum Gasteiger partial charge on any atom is -0.338 e. The zero-order chi connectivity index (χ0) is 15.0. The molecular formula is C14H18N2O3S. The summed E-state index contributed by atoms with van der Waals surface area (Å²) >= 11 is 0. The van der Waals surface area contributed by atoms with E-state index in [1.165, 1.54) is 6.07 Å². The highest BCUT2D eigenvalue weighted by molar-refractivity contribution is 7.92. The van der Waals surface area contributed by atoms with Crippen molar-refractivity contribution in [1.29, 1.82) is 0 Å². The van der Waals surface area contributed by atoms with Crippen LogP contribution in [0.4, 0.5) is 5.88 Å². The molecule has 108 valence electrons. The molecule has 0 saturated heterocycles. The maximum Gasteiger partial charge on any atom is 0.264 e. The normalized spacial score (nSPS) is 12.4. The number of aryl methyl sites for hydroxylation is 1. The van der Waals surface area contributed by atoms with Crippen LogP contribution in [-0.4, -0.2) is 13.6 Å². The summed E-state index contributed by atoms with van der Waals surface area (Å²) in [5.74, 6) is 0.113. The molecule has 0 aliphatic heterocycles. The van der Waals surface area contributed by atoms with E-state index in [2.05, 4.69) is 30.6 Å².